The Balaban J connectivity index is 2.16. The van der Waals surface area contributed by atoms with Crippen LogP contribution in [0.4, 0.5) is 0 Å². The van der Waals surface area contributed by atoms with E-state index in [0.29, 0.717) is 19.5 Å². The van der Waals surface area contributed by atoms with Crippen LogP contribution in [0, 0.1) is 0 Å². The van der Waals surface area contributed by atoms with Crippen molar-refractivity contribution in [2.75, 3.05) is 32.4 Å². The topological polar surface area (TPSA) is 78.5 Å². The van der Waals surface area contributed by atoms with Gasteiger partial charge in [-0.15, -0.1) is 0 Å². The van der Waals surface area contributed by atoms with Gasteiger partial charge in [0.1, 0.15) is 0 Å². The molecule has 1 rings (SSSR count). The van der Waals surface area contributed by atoms with Gasteiger partial charge >= 0.3 is 0 Å². The average Bonchev–Trinajstić information content (AvgIpc) is 2.37. The monoisotopic (exact) mass is 291 g/mol. The van der Waals surface area contributed by atoms with Crippen molar-refractivity contribution in [1.29, 1.82) is 0 Å². The van der Waals surface area contributed by atoms with E-state index in [2.05, 4.69) is 10.0 Å². The van der Waals surface area contributed by atoms with Crippen molar-refractivity contribution in [2.45, 2.75) is 38.6 Å². The Morgan fingerprint density at radius 2 is 1.84 bits per heavy atom. The highest BCUT2D eigenvalue weighted by atomic mass is 32.2. The summed E-state index contributed by atoms with van der Waals surface area (Å²) >= 11 is 0. The molecule has 0 saturated carbocycles. The van der Waals surface area contributed by atoms with Crippen LogP contribution in [0.2, 0.25) is 0 Å². The molecule has 0 radical (unpaired) electrons. The number of carbonyl (C=O) groups excluding carboxylic acids is 1. The molecule has 1 aliphatic rings. The number of rotatable bonds is 7. The van der Waals surface area contributed by atoms with Crippen LogP contribution >= 0.6 is 0 Å². The van der Waals surface area contributed by atoms with Crippen molar-refractivity contribution >= 4 is 15.9 Å². The van der Waals surface area contributed by atoms with Gasteiger partial charge in [-0.25, -0.2) is 13.1 Å². The molecule has 0 aromatic carbocycles. The number of carbonyl (C=O) groups is 1. The quantitative estimate of drug-likeness (QED) is 0.643. The van der Waals surface area contributed by atoms with Crippen molar-refractivity contribution in [3.63, 3.8) is 0 Å². The van der Waals surface area contributed by atoms with E-state index in [0.717, 1.165) is 32.2 Å². The number of sulfonamides is 1. The highest BCUT2D eigenvalue weighted by molar-refractivity contribution is 7.88. The fraction of sp³-hybridized carbons (Fsp3) is 0.917. The maximum Gasteiger partial charge on any atom is 0.239 e. The average molecular weight is 291 g/mol. The Labute approximate surface area is 116 Å². The van der Waals surface area contributed by atoms with E-state index in [1.807, 2.05) is 11.8 Å². The Morgan fingerprint density at radius 1 is 1.21 bits per heavy atom. The summed E-state index contributed by atoms with van der Waals surface area (Å²) in [6, 6.07) is -0.198. The summed E-state index contributed by atoms with van der Waals surface area (Å²) in [5, 5.41) is 3.14. The summed E-state index contributed by atoms with van der Waals surface area (Å²) in [5.41, 5.74) is 0. The predicted octanol–water partition coefficient (Wildman–Crippen LogP) is -0.0837. The Bertz CT molecular complexity index is 378. The van der Waals surface area contributed by atoms with Gasteiger partial charge in [0.05, 0.1) is 12.3 Å². The van der Waals surface area contributed by atoms with E-state index in [4.69, 9.17) is 0 Å². The van der Waals surface area contributed by atoms with E-state index in [1.165, 1.54) is 6.42 Å². The molecule has 1 amide bonds. The van der Waals surface area contributed by atoms with Crippen LogP contribution in [0.5, 0.6) is 0 Å². The minimum Gasteiger partial charge on any atom is -0.341 e. The number of nitrogens with zero attached hydrogens (tertiary/aromatic N) is 1. The molecule has 2 N–H and O–H groups in total. The van der Waals surface area contributed by atoms with Crippen LogP contribution in [-0.2, 0) is 14.8 Å². The van der Waals surface area contributed by atoms with Crippen LogP contribution in [0.15, 0.2) is 0 Å². The molecule has 1 aliphatic heterocycles. The fourth-order valence-corrected chi connectivity index (χ4v) is 2.66. The lowest BCUT2D eigenvalue weighted by atomic mass is 10.1. The minimum absolute atomic E-state index is 0.149. The van der Waals surface area contributed by atoms with Gasteiger partial charge in [-0.2, -0.15) is 0 Å². The molecule has 0 bridgehead atoms. The zero-order valence-corrected chi connectivity index (χ0v) is 12.6. The second kappa shape index (κ2) is 7.81. The molecule has 19 heavy (non-hydrogen) atoms. The van der Waals surface area contributed by atoms with Crippen molar-refractivity contribution in [1.82, 2.24) is 14.9 Å². The van der Waals surface area contributed by atoms with Crippen molar-refractivity contribution in [2.24, 2.45) is 0 Å². The lowest BCUT2D eigenvalue weighted by Crippen LogP contribution is -2.47. The van der Waals surface area contributed by atoms with Crippen molar-refractivity contribution in [3.05, 3.63) is 0 Å². The zero-order valence-electron chi connectivity index (χ0n) is 11.8. The molecule has 1 atom stereocenters. The lowest BCUT2D eigenvalue weighted by Gasteiger charge is -2.29. The van der Waals surface area contributed by atoms with Crippen LogP contribution in [0.3, 0.4) is 0 Å². The summed E-state index contributed by atoms with van der Waals surface area (Å²) < 4.78 is 24.1. The first-order valence-corrected chi connectivity index (χ1v) is 8.76. The third-order valence-electron chi connectivity index (χ3n) is 3.21. The Kier molecular flexibility index (Phi) is 6.74. The molecular formula is C12H25N3O3S. The van der Waals surface area contributed by atoms with Crippen molar-refractivity contribution in [3.8, 4) is 0 Å². The second-order valence-electron chi connectivity index (χ2n) is 5.08. The first-order valence-electron chi connectivity index (χ1n) is 6.87. The second-order valence-corrected chi connectivity index (χ2v) is 6.91. The number of hydrogen-bond donors (Lipinski definition) is 2. The highest BCUT2D eigenvalue weighted by Crippen LogP contribution is 2.09. The summed E-state index contributed by atoms with van der Waals surface area (Å²) in [7, 11) is -3.11. The number of piperidine rings is 1. The minimum atomic E-state index is -3.11. The van der Waals surface area contributed by atoms with E-state index < -0.39 is 10.0 Å². The largest absolute Gasteiger partial charge is 0.341 e. The fourth-order valence-electron chi connectivity index (χ4n) is 2.14. The van der Waals surface area contributed by atoms with Crippen LogP contribution in [0.1, 0.15) is 32.6 Å². The standard InChI is InChI=1S/C12H25N3O3S/c1-11(12(16)15-9-4-3-5-10-15)13-7-6-8-14-19(2,17)18/h11,13-14H,3-10H2,1-2H3. The summed E-state index contributed by atoms with van der Waals surface area (Å²) in [5.74, 6) is 0.149. The molecular weight excluding hydrogens is 266 g/mol. The van der Waals surface area contributed by atoms with Crippen LogP contribution < -0.4 is 10.0 Å². The zero-order chi connectivity index (χ0) is 14.3. The maximum absolute atomic E-state index is 12.1. The molecule has 0 aromatic rings. The molecule has 112 valence electrons. The third-order valence-corrected chi connectivity index (χ3v) is 3.93. The molecule has 1 unspecified atom stereocenters. The van der Waals surface area contributed by atoms with E-state index in [9.17, 15) is 13.2 Å². The predicted molar refractivity (Wildman–Crippen MR) is 75.4 cm³/mol. The molecule has 1 fully saturated rings. The van der Waals surface area contributed by atoms with Gasteiger partial charge in [0.2, 0.25) is 15.9 Å². The lowest BCUT2D eigenvalue weighted by molar-refractivity contribution is -0.133. The van der Waals surface area contributed by atoms with Crippen LogP contribution in [-0.4, -0.2) is 57.7 Å². The SMILES string of the molecule is CC(NCCCNS(C)(=O)=O)C(=O)N1CCCCC1. The molecule has 0 spiro atoms. The highest BCUT2D eigenvalue weighted by Gasteiger charge is 2.21. The Hall–Kier alpha value is -0.660. The van der Waals surface area contributed by atoms with E-state index >= 15 is 0 Å². The molecule has 1 saturated heterocycles. The van der Waals surface area contributed by atoms with Gasteiger partial charge in [0.25, 0.3) is 0 Å². The van der Waals surface area contributed by atoms with Gasteiger partial charge in [0.15, 0.2) is 0 Å². The van der Waals surface area contributed by atoms with E-state index in [-0.39, 0.29) is 11.9 Å². The molecule has 6 nitrogen and oxygen atoms in total. The normalized spacial score (nSPS) is 18.3. The number of nitrogens with one attached hydrogen (secondary N) is 2. The Morgan fingerprint density at radius 3 is 2.42 bits per heavy atom. The molecule has 7 heteroatoms. The van der Waals surface area contributed by atoms with Gasteiger partial charge in [0, 0.05) is 19.6 Å². The molecule has 1 heterocycles. The first kappa shape index (κ1) is 16.4. The summed E-state index contributed by atoms with van der Waals surface area (Å²) in [6.45, 7) is 4.61. The number of likely N-dealkylation sites (tertiary alicyclic amines) is 1. The smallest absolute Gasteiger partial charge is 0.239 e. The van der Waals surface area contributed by atoms with Gasteiger partial charge in [-0.1, -0.05) is 0 Å². The number of hydrogen-bond acceptors (Lipinski definition) is 4. The summed E-state index contributed by atoms with van der Waals surface area (Å²) in [6.07, 6.45) is 5.21. The molecule has 0 aromatic heterocycles. The molecule has 0 aliphatic carbocycles. The van der Waals surface area contributed by atoms with E-state index in [1.54, 1.807) is 0 Å². The first-order chi connectivity index (χ1) is 8.90. The van der Waals surface area contributed by atoms with Crippen molar-refractivity contribution < 1.29 is 13.2 Å². The number of amides is 1. The maximum atomic E-state index is 12.1. The van der Waals surface area contributed by atoms with Gasteiger partial charge < -0.3 is 10.2 Å². The van der Waals surface area contributed by atoms with Gasteiger partial charge in [-0.05, 0) is 39.2 Å². The summed E-state index contributed by atoms with van der Waals surface area (Å²) in [4.78, 5) is 14.0. The van der Waals surface area contributed by atoms with Crippen LogP contribution in [0.25, 0.3) is 0 Å². The van der Waals surface area contributed by atoms with Gasteiger partial charge in [-0.3, -0.25) is 4.79 Å². The third kappa shape index (κ3) is 6.89.